The SMILES string of the molecule is COC(=O)[C@H](Cc1ccc(-n2c([C@@H]3CCCN3C(=O)OCc3ccccc3)nc3cccnc32)cc1)NC1=CC(=O)C12CCCCC2. The summed E-state index contributed by atoms with van der Waals surface area (Å²) in [5.41, 5.74) is 4.56. The highest BCUT2D eigenvalue weighted by Gasteiger charge is 2.49. The molecule has 47 heavy (non-hydrogen) atoms. The second-order valence-corrected chi connectivity index (χ2v) is 12.7. The minimum absolute atomic E-state index is 0.162. The minimum Gasteiger partial charge on any atom is -0.467 e. The number of imidazole rings is 1. The molecule has 10 heteroatoms. The van der Waals surface area contributed by atoms with Gasteiger partial charge in [0.05, 0.1) is 18.6 Å². The van der Waals surface area contributed by atoms with Crippen LogP contribution in [0.5, 0.6) is 0 Å². The maximum absolute atomic E-state index is 13.3. The van der Waals surface area contributed by atoms with Gasteiger partial charge < -0.3 is 14.8 Å². The van der Waals surface area contributed by atoms with Crippen molar-refractivity contribution in [2.75, 3.05) is 13.7 Å². The number of hydrogen-bond donors (Lipinski definition) is 1. The van der Waals surface area contributed by atoms with E-state index in [1.54, 1.807) is 17.2 Å². The van der Waals surface area contributed by atoms with Gasteiger partial charge in [0.1, 0.15) is 24.0 Å². The summed E-state index contributed by atoms with van der Waals surface area (Å²) < 4.78 is 12.9. The largest absolute Gasteiger partial charge is 0.467 e. The number of carbonyl (C=O) groups is 3. The molecule has 1 spiro atoms. The smallest absolute Gasteiger partial charge is 0.410 e. The molecule has 2 aromatic heterocycles. The molecule has 1 N–H and O–H groups in total. The summed E-state index contributed by atoms with van der Waals surface area (Å²) in [7, 11) is 1.39. The maximum atomic E-state index is 13.3. The number of rotatable bonds is 9. The quantitative estimate of drug-likeness (QED) is 0.224. The van der Waals surface area contributed by atoms with Crippen molar-refractivity contribution in [1.82, 2.24) is 24.8 Å². The van der Waals surface area contributed by atoms with E-state index in [1.807, 2.05) is 71.3 Å². The average Bonchev–Trinajstić information content (AvgIpc) is 3.76. The van der Waals surface area contributed by atoms with E-state index < -0.39 is 11.5 Å². The predicted molar refractivity (Wildman–Crippen MR) is 175 cm³/mol. The Morgan fingerprint density at radius 3 is 2.51 bits per heavy atom. The number of likely N-dealkylation sites (tertiary alicyclic amines) is 1. The van der Waals surface area contributed by atoms with Crippen LogP contribution >= 0.6 is 0 Å². The van der Waals surface area contributed by atoms with Gasteiger partial charge in [-0.2, -0.15) is 0 Å². The number of methoxy groups -OCH3 is 1. The Morgan fingerprint density at radius 1 is 0.979 bits per heavy atom. The number of allylic oxidation sites excluding steroid dienone is 2. The molecular weight excluding hydrogens is 594 g/mol. The summed E-state index contributed by atoms with van der Waals surface area (Å²) in [6.07, 6.45) is 9.83. The third kappa shape index (κ3) is 5.88. The van der Waals surface area contributed by atoms with Crippen LogP contribution in [-0.2, 0) is 32.1 Å². The van der Waals surface area contributed by atoms with Crippen molar-refractivity contribution < 1.29 is 23.9 Å². The Labute approximate surface area is 273 Å². The second kappa shape index (κ2) is 13.0. The van der Waals surface area contributed by atoms with E-state index in [0.717, 1.165) is 78.8 Å². The number of ketones is 1. The van der Waals surface area contributed by atoms with E-state index in [1.165, 1.54) is 7.11 Å². The zero-order valence-electron chi connectivity index (χ0n) is 26.6. The molecule has 0 unspecified atom stereocenters. The highest BCUT2D eigenvalue weighted by Crippen LogP contribution is 2.48. The molecule has 7 rings (SSSR count). The molecule has 10 nitrogen and oxygen atoms in total. The van der Waals surface area contributed by atoms with Gasteiger partial charge in [0.15, 0.2) is 11.4 Å². The van der Waals surface area contributed by atoms with Crippen LogP contribution in [0.15, 0.2) is 84.7 Å². The van der Waals surface area contributed by atoms with Gasteiger partial charge in [-0.05, 0) is 61.1 Å². The molecule has 1 saturated heterocycles. The van der Waals surface area contributed by atoms with Gasteiger partial charge in [-0.1, -0.05) is 61.7 Å². The Kier molecular flexibility index (Phi) is 8.49. The molecule has 1 aliphatic heterocycles. The zero-order valence-corrected chi connectivity index (χ0v) is 26.6. The van der Waals surface area contributed by atoms with Crippen molar-refractivity contribution in [3.63, 3.8) is 0 Å². The summed E-state index contributed by atoms with van der Waals surface area (Å²) >= 11 is 0. The minimum atomic E-state index is -0.621. The van der Waals surface area contributed by atoms with Crippen molar-refractivity contribution in [2.45, 2.75) is 70.1 Å². The molecule has 2 aromatic carbocycles. The van der Waals surface area contributed by atoms with Crippen LogP contribution in [-0.4, -0.2) is 57.0 Å². The second-order valence-electron chi connectivity index (χ2n) is 12.7. The molecule has 1 saturated carbocycles. The van der Waals surface area contributed by atoms with Crippen LogP contribution in [0.2, 0.25) is 0 Å². The van der Waals surface area contributed by atoms with E-state index in [9.17, 15) is 14.4 Å². The van der Waals surface area contributed by atoms with Crippen molar-refractivity contribution in [1.29, 1.82) is 0 Å². The van der Waals surface area contributed by atoms with Crippen LogP contribution < -0.4 is 5.32 Å². The summed E-state index contributed by atoms with van der Waals surface area (Å²) in [5.74, 6) is 0.525. The lowest BCUT2D eigenvalue weighted by Gasteiger charge is -2.44. The van der Waals surface area contributed by atoms with E-state index in [4.69, 9.17) is 14.5 Å². The standard InChI is InChI=1S/C37H39N5O5/c1-46-35(44)29(39-31-23-32(43)37(31)18-6-3-7-19-37)22-25-14-16-27(17-15-25)42-33-28(12-8-20-38-33)40-34(42)30-13-9-21-41(30)36(45)47-24-26-10-4-2-5-11-26/h2,4-5,8,10-12,14-17,20,23,29-30,39H,3,6-7,9,13,18-19,21-22,24H2,1H3/t29-,30-/m0/s1. The number of hydrogen-bond acceptors (Lipinski definition) is 8. The molecular formula is C37H39N5O5. The van der Waals surface area contributed by atoms with Gasteiger partial charge in [0, 0.05) is 36.6 Å². The molecule has 3 aliphatic rings. The first kappa shape index (κ1) is 30.7. The number of amides is 1. The first-order chi connectivity index (χ1) is 23.0. The van der Waals surface area contributed by atoms with Gasteiger partial charge in [-0.15, -0.1) is 0 Å². The number of nitrogens with zero attached hydrogens (tertiary/aromatic N) is 4. The van der Waals surface area contributed by atoms with Crippen LogP contribution in [0.3, 0.4) is 0 Å². The van der Waals surface area contributed by atoms with Gasteiger partial charge >= 0.3 is 12.1 Å². The molecule has 3 heterocycles. The number of benzene rings is 2. The summed E-state index contributed by atoms with van der Waals surface area (Å²) in [4.78, 5) is 50.2. The molecule has 0 radical (unpaired) electrons. The number of carbonyl (C=O) groups excluding carboxylic acids is 3. The van der Waals surface area contributed by atoms with Gasteiger partial charge in [-0.3, -0.25) is 14.3 Å². The Hall–Kier alpha value is -4.99. The Balaban J connectivity index is 1.12. The summed E-state index contributed by atoms with van der Waals surface area (Å²) in [5, 5.41) is 3.38. The highest BCUT2D eigenvalue weighted by atomic mass is 16.6. The fourth-order valence-corrected chi connectivity index (χ4v) is 7.32. The van der Waals surface area contributed by atoms with Gasteiger partial charge in [0.25, 0.3) is 0 Å². The van der Waals surface area contributed by atoms with E-state index in [2.05, 4.69) is 10.3 Å². The fourth-order valence-electron chi connectivity index (χ4n) is 7.32. The lowest BCUT2D eigenvalue weighted by atomic mass is 9.62. The van der Waals surface area contributed by atoms with Crippen LogP contribution in [0.25, 0.3) is 16.9 Å². The fraction of sp³-hybridized carbons (Fsp3) is 0.378. The van der Waals surface area contributed by atoms with Crippen LogP contribution in [0.1, 0.15) is 67.9 Å². The lowest BCUT2D eigenvalue weighted by Crippen LogP contribution is -2.52. The van der Waals surface area contributed by atoms with Crippen molar-refractivity contribution >= 4 is 29.0 Å². The maximum Gasteiger partial charge on any atom is 0.410 e. The molecule has 242 valence electrons. The third-order valence-corrected chi connectivity index (χ3v) is 9.85. The van der Waals surface area contributed by atoms with Crippen molar-refractivity contribution in [2.24, 2.45) is 5.41 Å². The van der Waals surface area contributed by atoms with Gasteiger partial charge in [-0.25, -0.2) is 19.6 Å². The Bertz CT molecular complexity index is 1810. The van der Waals surface area contributed by atoms with Crippen LogP contribution in [0.4, 0.5) is 4.79 Å². The number of esters is 1. The zero-order chi connectivity index (χ0) is 32.4. The highest BCUT2D eigenvalue weighted by molar-refractivity contribution is 6.05. The van der Waals surface area contributed by atoms with E-state index >= 15 is 0 Å². The average molecular weight is 634 g/mol. The number of fused-ring (bicyclic) bond motifs is 1. The molecule has 1 amide bonds. The number of pyridine rings is 1. The van der Waals surface area contributed by atoms with Gasteiger partial charge in [0.2, 0.25) is 0 Å². The van der Waals surface area contributed by atoms with E-state index in [0.29, 0.717) is 18.6 Å². The number of ether oxygens (including phenoxy) is 2. The summed E-state index contributed by atoms with van der Waals surface area (Å²) in [6.45, 7) is 0.789. The molecule has 2 fully saturated rings. The van der Waals surface area contributed by atoms with Crippen molar-refractivity contribution in [3.05, 3.63) is 102 Å². The first-order valence-electron chi connectivity index (χ1n) is 16.5. The molecule has 2 aliphatic carbocycles. The topological polar surface area (TPSA) is 116 Å². The van der Waals surface area contributed by atoms with E-state index in [-0.39, 0.29) is 30.5 Å². The molecule has 2 atom stereocenters. The van der Waals surface area contributed by atoms with Crippen molar-refractivity contribution in [3.8, 4) is 5.69 Å². The molecule has 0 bridgehead atoms. The number of nitrogens with one attached hydrogen (secondary N) is 1. The third-order valence-electron chi connectivity index (χ3n) is 9.85. The monoisotopic (exact) mass is 633 g/mol. The Morgan fingerprint density at radius 2 is 1.77 bits per heavy atom. The van der Waals surface area contributed by atoms with Crippen LogP contribution in [0, 0.1) is 5.41 Å². The number of aromatic nitrogens is 3. The lowest BCUT2D eigenvalue weighted by molar-refractivity contribution is -0.143. The normalized spacial score (nSPS) is 19.3. The summed E-state index contributed by atoms with van der Waals surface area (Å²) in [6, 6.07) is 20.5. The first-order valence-corrected chi connectivity index (χ1v) is 16.5. The molecule has 4 aromatic rings. The predicted octanol–water partition coefficient (Wildman–Crippen LogP) is 5.99.